The lowest BCUT2D eigenvalue weighted by Gasteiger charge is -2.34. The molecule has 8 aromatic rings. The Morgan fingerprint density at radius 3 is 1.19 bits per heavy atom. The minimum atomic E-state index is -2.43. The molecule has 53 heavy (non-hydrogen) atoms. The van der Waals surface area contributed by atoms with Crippen molar-refractivity contribution in [2.24, 2.45) is 0 Å². The molecule has 0 aliphatic heterocycles. The van der Waals surface area contributed by atoms with Gasteiger partial charge < -0.3 is 4.57 Å². The lowest BCUT2D eigenvalue weighted by molar-refractivity contribution is 0.588. The summed E-state index contributed by atoms with van der Waals surface area (Å²) in [6.45, 7) is 3.65. The van der Waals surface area contributed by atoms with Crippen LogP contribution in [0.2, 0.25) is 0 Å². The Balaban J connectivity index is 1.18. The number of fused-ring (bicyclic) bond motifs is 3. The highest BCUT2D eigenvalue weighted by Crippen LogP contribution is 2.56. The molecule has 0 radical (unpaired) electrons. The van der Waals surface area contributed by atoms with E-state index in [2.05, 4.69) is 133 Å². The quantitative estimate of drug-likeness (QED) is 0.155. The number of rotatable bonds is 7. The van der Waals surface area contributed by atoms with E-state index in [4.69, 9.17) is 15.0 Å². The molecular weight excluding hydrogens is 666 g/mol. The summed E-state index contributed by atoms with van der Waals surface area (Å²) in [5, 5.41) is 0.876. The molecule has 0 saturated carbocycles. The molecule has 0 N–H and O–H groups in total. The van der Waals surface area contributed by atoms with Gasteiger partial charge in [0.25, 0.3) is 0 Å². The summed E-state index contributed by atoms with van der Waals surface area (Å²) in [5.74, 6) is 1.86. The summed E-state index contributed by atoms with van der Waals surface area (Å²) >= 11 is 0. The zero-order chi connectivity index (χ0) is 36.0. The highest BCUT2D eigenvalue weighted by molar-refractivity contribution is 7.70. The van der Waals surface area contributed by atoms with Gasteiger partial charge in [0.2, 0.25) is 0 Å². The third-order valence-electron chi connectivity index (χ3n) is 10.4. The number of nitrogens with zero attached hydrogens (tertiary/aromatic N) is 3. The van der Waals surface area contributed by atoms with Gasteiger partial charge in [-0.1, -0.05) is 182 Å². The normalized spacial score (nSPS) is 12.9. The molecule has 1 aliphatic carbocycles. The van der Waals surface area contributed by atoms with Crippen molar-refractivity contribution in [3.05, 3.63) is 204 Å². The molecule has 9 rings (SSSR count). The van der Waals surface area contributed by atoms with Gasteiger partial charge in [-0.05, 0) is 57.8 Å². The molecule has 0 fully saturated rings. The van der Waals surface area contributed by atoms with E-state index in [-0.39, 0.29) is 0 Å². The summed E-state index contributed by atoms with van der Waals surface area (Å²) in [4.78, 5) is 15.0. The van der Waals surface area contributed by atoms with Crippen LogP contribution in [0.4, 0.5) is 0 Å². The molecule has 1 aromatic heterocycles. The Kier molecular flexibility index (Phi) is 8.06. The third kappa shape index (κ3) is 5.73. The fraction of sp³-hybridized carbons (Fsp3) is 0.0625. The first-order valence-electron chi connectivity index (χ1n) is 17.8. The van der Waals surface area contributed by atoms with Crippen LogP contribution < -0.4 is 5.30 Å². The Hall–Kier alpha value is -6.22. The molecule has 254 valence electrons. The van der Waals surface area contributed by atoms with E-state index in [1.165, 1.54) is 22.3 Å². The smallest absolute Gasteiger partial charge is 0.164 e. The standard InChI is InChI=1S/C48H36N3OP/c1-53(2,52)40-31-29-39(30-32-40)48(43-19-11-9-17-41(43)42-18-10-12-20-44(42)48)38-27-25-37(26-28-38)47-50-45(35-15-7-4-8-16-35)49-46(51-47)36-23-21-34(22-24-36)33-13-5-3-6-14-33/h3-32H,1-2H3. The van der Waals surface area contributed by atoms with Crippen molar-refractivity contribution in [1.29, 1.82) is 0 Å². The van der Waals surface area contributed by atoms with Crippen molar-refractivity contribution in [3.63, 3.8) is 0 Å². The molecule has 4 nitrogen and oxygen atoms in total. The topological polar surface area (TPSA) is 55.7 Å². The molecular formula is C48H36N3OP. The predicted molar refractivity (Wildman–Crippen MR) is 218 cm³/mol. The van der Waals surface area contributed by atoms with E-state index < -0.39 is 12.6 Å². The maximum Gasteiger partial charge on any atom is 0.164 e. The van der Waals surface area contributed by atoms with Crippen molar-refractivity contribution >= 4 is 12.4 Å². The van der Waals surface area contributed by atoms with Gasteiger partial charge in [-0.3, -0.25) is 0 Å². The van der Waals surface area contributed by atoms with Crippen LogP contribution in [0.25, 0.3) is 56.4 Å². The average molecular weight is 702 g/mol. The molecule has 0 saturated heterocycles. The van der Waals surface area contributed by atoms with Gasteiger partial charge in [0.1, 0.15) is 7.14 Å². The van der Waals surface area contributed by atoms with Gasteiger partial charge in [0.05, 0.1) is 5.41 Å². The number of benzene rings is 7. The van der Waals surface area contributed by atoms with E-state index in [0.29, 0.717) is 17.5 Å². The minimum absolute atomic E-state index is 0.574. The molecule has 0 amide bonds. The lowest BCUT2D eigenvalue weighted by atomic mass is 9.67. The Morgan fingerprint density at radius 1 is 0.377 bits per heavy atom. The van der Waals surface area contributed by atoms with Crippen molar-refractivity contribution in [1.82, 2.24) is 15.0 Å². The van der Waals surface area contributed by atoms with E-state index in [9.17, 15) is 4.57 Å². The first-order chi connectivity index (χ1) is 25.9. The predicted octanol–water partition coefficient (Wildman–Crippen LogP) is 11.2. The summed E-state index contributed by atoms with van der Waals surface area (Å²) in [5.41, 5.74) is 11.7. The maximum atomic E-state index is 13.1. The highest BCUT2D eigenvalue weighted by atomic mass is 31.2. The Labute approximate surface area is 310 Å². The van der Waals surface area contributed by atoms with Crippen molar-refractivity contribution < 1.29 is 4.57 Å². The van der Waals surface area contributed by atoms with Crippen molar-refractivity contribution in [2.75, 3.05) is 13.3 Å². The lowest BCUT2D eigenvalue weighted by Crippen LogP contribution is -2.29. The number of hydrogen-bond acceptors (Lipinski definition) is 4. The molecule has 0 spiro atoms. The molecule has 0 unspecified atom stereocenters. The summed E-state index contributed by atoms with van der Waals surface area (Å²) in [6.07, 6.45) is 0. The zero-order valence-electron chi connectivity index (χ0n) is 29.5. The van der Waals surface area contributed by atoms with E-state index >= 15 is 0 Å². The summed E-state index contributed by atoms with van der Waals surface area (Å²) < 4.78 is 13.1. The second-order valence-corrected chi connectivity index (χ2v) is 17.2. The van der Waals surface area contributed by atoms with Crippen LogP contribution in [0.5, 0.6) is 0 Å². The summed E-state index contributed by atoms with van der Waals surface area (Å²) in [7, 11) is -2.43. The largest absolute Gasteiger partial charge is 0.319 e. The maximum absolute atomic E-state index is 13.1. The monoisotopic (exact) mass is 701 g/mol. The first-order valence-corrected chi connectivity index (χ1v) is 20.4. The van der Waals surface area contributed by atoms with E-state index in [0.717, 1.165) is 44.2 Å². The number of aromatic nitrogens is 3. The van der Waals surface area contributed by atoms with Crippen LogP contribution in [0, 0.1) is 0 Å². The van der Waals surface area contributed by atoms with Gasteiger partial charge in [0.15, 0.2) is 17.5 Å². The molecule has 0 atom stereocenters. The second kappa shape index (κ2) is 13.1. The van der Waals surface area contributed by atoms with Crippen LogP contribution in [-0.4, -0.2) is 28.3 Å². The van der Waals surface area contributed by atoms with Crippen molar-refractivity contribution in [2.45, 2.75) is 5.41 Å². The zero-order valence-corrected chi connectivity index (χ0v) is 30.4. The molecule has 1 heterocycles. The Morgan fingerprint density at radius 2 is 0.717 bits per heavy atom. The molecule has 0 bridgehead atoms. The third-order valence-corrected chi connectivity index (χ3v) is 11.9. The van der Waals surface area contributed by atoms with Gasteiger partial charge in [0, 0.05) is 22.0 Å². The van der Waals surface area contributed by atoms with Crippen LogP contribution >= 0.6 is 7.14 Å². The van der Waals surface area contributed by atoms with Gasteiger partial charge in [-0.25, -0.2) is 15.0 Å². The van der Waals surface area contributed by atoms with Crippen LogP contribution in [0.15, 0.2) is 182 Å². The SMILES string of the molecule is CP(C)(=O)c1ccc(C2(c3ccc(-c4nc(-c5ccccc5)nc(-c5ccc(-c6ccccc6)cc5)n4)cc3)c3ccccc3-c3ccccc32)cc1. The number of hydrogen-bond donors (Lipinski definition) is 0. The van der Waals surface area contributed by atoms with Gasteiger partial charge in [-0.15, -0.1) is 0 Å². The van der Waals surface area contributed by atoms with Crippen LogP contribution in [-0.2, 0) is 9.98 Å². The highest BCUT2D eigenvalue weighted by Gasteiger charge is 2.46. The first kappa shape index (κ1) is 32.7. The average Bonchev–Trinajstić information content (AvgIpc) is 3.52. The van der Waals surface area contributed by atoms with E-state index in [1.54, 1.807) is 0 Å². The summed E-state index contributed by atoms with van der Waals surface area (Å²) in [6, 6.07) is 63.3. The van der Waals surface area contributed by atoms with Gasteiger partial charge in [-0.2, -0.15) is 0 Å². The van der Waals surface area contributed by atoms with Crippen molar-refractivity contribution in [3.8, 4) is 56.4 Å². The van der Waals surface area contributed by atoms with Crippen LogP contribution in [0.1, 0.15) is 22.3 Å². The Bertz CT molecular complexity index is 2590. The fourth-order valence-electron chi connectivity index (χ4n) is 7.76. The fourth-order valence-corrected chi connectivity index (χ4v) is 8.62. The molecule has 1 aliphatic rings. The molecule has 5 heteroatoms. The minimum Gasteiger partial charge on any atom is -0.319 e. The van der Waals surface area contributed by atoms with Gasteiger partial charge >= 0.3 is 0 Å². The van der Waals surface area contributed by atoms with Crippen LogP contribution in [0.3, 0.4) is 0 Å². The van der Waals surface area contributed by atoms with E-state index in [1.807, 2.05) is 61.9 Å². The molecule has 7 aromatic carbocycles. The second-order valence-electron chi connectivity index (χ2n) is 13.9.